The van der Waals surface area contributed by atoms with Crippen molar-refractivity contribution in [3.05, 3.63) is 12.5 Å². The van der Waals surface area contributed by atoms with E-state index in [1.165, 1.54) is 19.6 Å². The first-order valence-electron chi connectivity index (χ1n) is 6.89. The highest BCUT2D eigenvalue weighted by Crippen LogP contribution is 2.13. The molecule has 0 saturated carbocycles. The Labute approximate surface area is 120 Å². The van der Waals surface area contributed by atoms with Crippen LogP contribution in [0.15, 0.2) is 12.5 Å². The molecule has 1 rings (SSSR count). The van der Waals surface area contributed by atoms with Gasteiger partial charge in [0.25, 0.3) is 0 Å². The Morgan fingerprint density at radius 1 is 1.35 bits per heavy atom. The van der Waals surface area contributed by atoms with Crippen molar-refractivity contribution >= 4 is 5.97 Å². The molecule has 1 saturated heterocycles. The maximum Gasteiger partial charge on any atom is 0.305 e. The Bertz CT molecular complexity index is 347. The summed E-state index contributed by atoms with van der Waals surface area (Å²) in [6, 6.07) is 0. The second-order valence-electron chi connectivity index (χ2n) is 4.30. The first kappa shape index (κ1) is 16.4. The van der Waals surface area contributed by atoms with Gasteiger partial charge in [-0.2, -0.15) is 0 Å². The maximum atomic E-state index is 10.8. The van der Waals surface area contributed by atoms with E-state index in [2.05, 4.69) is 16.6 Å². The van der Waals surface area contributed by atoms with Gasteiger partial charge in [0.1, 0.15) is 19.1 Å². The summed E-state index contributed by atoms with van der Waals surface area (Å²) in [4.78, 5) is 10.8. The van der Waals surface area contributed by atoms with Crippen LogP contribution in [-0.4, -0.2) is 32.6 Å². The minimum Gasteiger partial charge on any atom is -0.485 e. The molecule has 0 aromatic carbocycles. The Morgan fingerprint density at radius 3 is 3.00 bits per heavy atom. The summed E-state index contributed by atoms with van der Waals surface area (Å²) in [5.41, 5.74) is 0. The van der Waals surface area contributed by atoms with Crippen molar-refractivity contribution in [2.24, 2.45) is 0 Å². The highest BCUT2D eigenvalue weighted by atomic mass is 16.7. The number of unbranched alkanes of at least 4 members (excludes halogenated alkanes) is 1. The summed E-state index contributed by atoms with van der Waals surface area (Å²) in [7, 11) is 1.38. The van der Waals surface area contributed by atoms with E-state index in [9.17, 15) is 4.79 Å². The summed E-state index contributed by atoms with van der Waals surface area (Å²) in [5.74, 6) is 5.58. The van der Waals surface area contributed by atoms with Crippen LogP contribution in [0.1, 0.15) is 38.5 Å². The number of methoxy groups -OCH3 is 1. The largest absolute Gasteiger partial charge is 0.485 e. The molecule has 1 atom stereocenters. The van der Waals surface area contributed by atoms with Crippen LogP contribution in [0, 0.1) is 11.8 Å². The van der Waals surface area contributed by atoms with E-state index in [1.807, 2.05) is 0 Å². The molecular formula is C15H22O5. The fourth-order valence-electron chi connectivity index (χ4n) is 1.63. The SMILES string of the molecule is COC(=O)CCCC#CCO/C=C/OC1CCCCO1. The number of hydrogen-bond donors (Lipinski definition) is 0. The van der Waals surface area contributed by atoms with Crippen molar-refractivity contribution < 1.29 is 23.7 Å². The second-order valence-corrected chi connectivity index (χ2v) is 4.30. The molecule has 0 spiro atoms. The van der Waals surface area contributed by atoms with Crippen LogP contribution in [0.4, 0.5) is 0 Å². The monoisotopic (exact) mass is 282 g/mol. The van der Waals surface area contributed by atoms with Crippen molar-refractivity contribution in [1.82, 2.24) is 0 Å². The van der Waals surface area contributed by atoms with Gasteiger partial charge < -0.3 is 18.9 Å². The topological polar surface area (TPSA) is 54.0 Å². The molecule has 0 aromatic rings. The maximum absolute atomic E-state index is 10.8. The zero-order valence-electron chi connectivity index (χ0n) is 11.9. The van der Waals surface area contributed by atoms with Crippen molar-refractivity contribution in [2.75, 3.05) is 20.3 Å². The third kappa shape index (κ3) is 8.44. The van der Waals surface area contributed by atoms with Gasteiger partial charge in [-0.25, -0.2) is 0 Å². The molecule has 0 N–H and O–H groups in total. The number of carbonyl (C=O) groups is 1. The van der Waals surface area contributed by atoms with Crippen molar-refractivity contribution in [2.45, 2.75) is 44.8 Å². The highest BCUT2D eigenvalue weighted by molar-refractivity contribution is 5.69. The summed E-state index contributed by atoms with van der Waals surface area (Å²) in [5, 5.41) is 0. The average molecular weight is 282 g/mol. The standard InChI is InChI=1S/C15H22O5/c1-17-14(16)8-4-2-3-6-10-18-12-13-20-15-9-5-7-11-19-15/h12-13,15H,2,4-5,7-11H2,1H3/b13-12+. The number of carbonyl (C=O) groups excluding carboxylic acids is 1. The number of esters is 1. The van der Waals surface area contributed by atoms with E-state index >= 15 is 0 Å². The number of hydrogen-bond acceptors (Lipinski definition) is 5. The molecule has 1 fully saturated rings. The van der Waals surface area contributed by atoms with E-state index in [1.54, 1.807) is 0 Å². The van der Waals surface area contributed by atoms with Gasteiger partial charge in [-0.1, -0.05) is 11.8 Å². The van der Waals surface area contributed by atoms with Gasteiger partial charge in [0.15, 0.2) is 6.29 Å². The minimum atomic E-state index is -0.201. The normalized spacial score (nSPS) is 18.1. The third-order valence-electron chi connectivity index (χ3n) is 2.71. The quantitative estimate of drug-likeness (QED) is 0.310. The number of ether oxygens (including phenoxy) is 4. The first-order valence-corrected chi connectivity index (χ1v) is 6.89. The molecule has 5 nitrogen and oxygen atoms in total. The summed E-state index contributed by atoms with van der Waals surface area (Å²) in [6.07, 6.45) is 7.75. The van der Waals surface area contributed by atoms with Gasteiger partial charge in [0, 0.05) is 19.3 Å². The van der Waals surface area contributed by atoms with Crippen LogP contribution in [0.2, 0.25) is 0 Å². The molecule has 1 heterocycles. The van der Waals surface area contributed by atoms with Gasteiger partial charge in [0.2, 0.25) is 0 Å². The van der Waals surface area contributed by atoms with Crippen LogP contribution >= 0.6 is 0 Å². The highest BCUT2D eigenvalue weighted by Gasteiger charge is 2.12. The Balaban J connectivity index is 1.94. The van der Waals surface area contributed by atoms with Gasteiger partial charge in [-0.05, 0) is 19.3 Å². The van der Waals surface area contributed by atoms with Crippen molar-refractivity contribution in [1.29, 1.82) is 0 Å². The molecule has 112 valence electrons. The van der Waals surface area contributed by atoms with Crippen LogP contribution in [0.3, 0.4) is 0 Å². The van der Waals surface area contributed by atoms with Gasteiger partial charge >= 0.3 is 5.97 Å². The zero-order valence-corrected chi connectivity index (χ0v) is 11.9. The van der Waals surface area contributed by atoms with Gasteiger partial charge in [-0.15, -0.1) is 0 Å². The van der Waals surface area contributed by atoms with Crippen LogP contribution in [0.5, 0.6) is 0 Å². The lowest BCUT2D eigenvalue weighted by atomic mass is 10.2. The zero-order chi connectivity index (χ0) is 14.5. The van der Waals surface area contributed by atoms with Crippen LogP contribution in [0.25, 0.3) is 0 Å². The molecule has 1 aliphatic rings. The molecule has 0 radical (unpaired) electrons. The van der Waals surface area contributed by atoms with Crippen molar-refractivity contribution in [3.8, 4) is 11.8 Å². The molecule has 20 heavy (non-hydrogen) atoms. The Hall–Kier alpha value is -1.67. The predicted octanol–water partition coefficient (Wildman–Crippen LogP) is 2.36. The third-order valence-corrected chi connectivity index (χ3v) is 2.71. The Kier molecular flexibility index (Phi) is 9.16. The molecule has 0 aromatic heterocycles. The molecule has 0 aliphatic carbocycles. The van der Waals surface area contributed by atoms with Gasteiger partial charge in [-0.3, -0.25) is 4.79 Å². The molecule has 5 heteroatoms. The van der Waals surface area contributed by atoms with E-state index in [0.29, 0.717) is 25.9 Å². The predicted molar refractivity (Wildman–Crippen MR) is 73.4 cm³/mol. The smallest absolute Gasteiger partial charge is 0.305 e. The van der Waals surface area contributed by atoms with Crippen LogP contribution in [-0.2, 0) is 23.7 Å². The summed E-state index contributed by atoms with van der Waals surface area (Å²) >= 11 is 0. The molecule has 0 amide bonds. The van der Waals surface area contributed by atoms with E-state index in [-0.39, 0.29) is 12.3 Å². The van der Waals surface area contributed by atoms with Gasteiger partial charge in [0.05, 0.1) is 13.7 Å². The molecule has 0 bridgehead atoms. The average Bonchev–Trinajstić information content (AvgIpc) is 2.50. The lowest BCUT2D eigenvalue weighted by Crippen LogP contribution is -2.20. The molecular weight excluding hydrogens is 260 g/mol. The first-order chi connectivity index (χ1) is 9.83. The van der Waals surface area contributed by atoms with E-state index in [4.69, 9.17) is 14.2 Å². The lowest BCUT2D eigenvalue weighted by Gasteiger charge is -2.21. The fourth-order valence-corrected chi connectivity index (χ4v) is 1.63. The van der Waals surface area contributed by atoms with Crippen molar-refractivity contribution in [3.63, 3.8) is 0 Å². The Morgan fingerprint density at radius 2 is 2.25 bits per heavy atom. The fraction of sp³-hybridized carbons (Fsp3) is 0.667. The van der Waals surface area contributed by atoms with E-state index < -0.39 is 0 Å². The summed E-state index contributed by atoms with van der Waals surface area (Å²) < 4.78 is 20.4. The number of rotatable bonds is 7. The lowest BCUT2D eigenvalue weighted by molar-refractivity contribution is -0.140. The van der Waals surface area contributed by atoms with E-state index in [0.717, 1.165) is 25.9 Å². The molecule has 1 aliphatic heterocycles. The van der Waals surface area contributed by atoms with Crippen LogP contribution < -0.4 is 0 Å². The second kappa shape index (κ2) is 11.2. The molecule has 1 unspecified atom stereocenters. The minimum absolute atomic E-state index is 0.145. The summed E-state index contributed by atoms with van der Waals surface area (Å²) in [6.45, 7) is 1.07.